The molecule has 9 heteroatoms. The monoisotopic (exact) mass is 458 g/mol. The molecule has 9 nitrogen and oxygen atoms in total. The SMILES string of the molecule is COC(=O)C1CCC(c2cc(NC(=O)c3cnn4cccnc34)n(-c3ccc(C)cc3)n2)CC1. The Morgan fingerprint density at radius 3 is 2.62 bits per heavy atom. The number of esters is 1. The number of benzene rings is 1. The van der Waals surface area contributed by atoms with E-state index in [1.165, 1.54) is 13.3 Å². The number of amides is 1. The number of methoxy groups -OCH3 is 1. The van der Waals surface area contributed by atoms with Crippen molar-refractivity contribution >= 4 is 23.3 Å². The summed E-state index contributed by atoms with van der Waals surface area (Å²) in [7, 11) is 1.44. The summed E-state index contributed by atoms with van der Waals surface area (Å²) in [6.45, 7) is 2.03. The summed E-state index contributed by atoms with van der Waals surface area (Å²) in [5.41, 5.74) is 3.77. The second kappa shape index (κ2) is 9.09. The molecule has 1 fully saturated rings. The predicted molar refractivity (Wildman–Crippen MR) is 126 cm³/mol. The van der Waals surface area contributed by atoms with E-state index in [-0.39, 0.29) is 23.7 Å². The number of carbonyl (C=O) groups excluding carboxylic acids is 2. The van der Waals surface area contributed by atoms with Crippen molar-refractivity contribution in [2.75, 3.05) is 12.4 Å². The highest BCUT2D eigenvalue weighted by Gasteiger charge is 2.30. The zero-order valence-corrected chi connectivity index (χ0v) is 19.1. The average molecular weight is 459 g/mol. The summed E-state index contributed by atoms with van der Waals surface area (Å²) in [6, 6.07) is 11.7. The van der Waals surface area contributed by atoms with Gasteiger partial charge in [0, 0.05) is 24.4 Å². The molecular weight excluding hydrogens is 432 g/mol. The van der Waals surface area contributed by atoms with Gasteiger partial charge in [0.1, 0.15) is 11.4 Å². The Morgan fingerprint density at radius 1 is 1.12 bits per heavy atom. The normalized spacial score (nSPS) is 18.1. The Morgan fingerprint density at radius 2 is 1.88 bits per heavy atom. The molecule has 1 aliphatic carbocycles. The minimum Gasteiger partial charge on any atom is -0.469 e. The molecule has 5 rings (SSSR count). The molecule has 0 spiro atoms. The smallest absolute Gasteiger partial charge is 0.308 e. The van der Waals surface area contributed by atoms with Crippen LogP contribution in [-0.4, -0.2) is 43.4 Å². The Labute approximate surface area is 196 Å². The summed E-state index contributed by atoms with van der Waals surface area (Å²) in [5.74, 6) is 0.292. The zero-order chi connectivity index (χ0) is 23.7. The molecule has 1 aliphatic rings. The number of aryl methyl sites for hydroxylation is 1. The molecule has 0 unspecified atom stereocenters. The topological polar surface area (TPSA) is 103 Å². The number of hydrogen-bond donors (Lipinski definition) is 1. The van der Waals surface area contributed by atoms with E-state index in [9.17, 15) is 9.59 Å². The summed E-state index contributed by atoms with van der Waals surface area (Å²) >= 11 is 0. The summed E-state index contributed by atoms with van der Waals surface area (Å²) in [6.07, 6.45) is 8.12. The Bertz CT molecular complexity index is 1330. The van der Waals surface area contributed by atoms with Crippen LogP contribution in [0.5, 0.6) is 0 Å². The van der Waals surface area contributed by atoms with Crippen molar-refractivity contribution in [2.45, 2.75) is 38.5 Å². The minimum atomic E-state index is -0.303. The van der Waals surface area contributed by atoms with Gasteiger partial charge in [-0.3, -0.25) is 9.59 Å². The Hall–Kier alpha value is -4.01. The molecule has 4 aromatic rings. The maximum absolute atomic E-state index is 13.2. The van der Waals surface area contributed by atoms with Gasteiger partial charge in [-0.1, -0.05) is 17.7 Å². The van der Waals surface area contributed by atoms with Crippen molar-refractivity contribution in [3.63, 3.8) is 0 Å². The molecule has 0 bridgehead atoms. The fraction of sp³-hybridized carbons (Fsp3) is 0.320. The van der Waals surface area contributed by atoms with Gasteiger partial charge < -0.3 is 10.1 Å². The van der Waals surface area contributed by atoms with E-state index in [2.05, 4.69) is 15.4 Å². The molecule has 174 valence electrons. The van der Waals surface area contributed by atoms with Crippen molar-refractivity contribution in [2.24, 2.45) is 5.92 Å². The molecular formula is C25H26N6O3. The van der Waals surface area contributed by atoms with Crippen molar-refractivity contribution in [1.29, 1.82) is 0 Å². The van der Waals surface area contributed by atoms with E-state index >= 15 is 0 Å². The number of nitrogens with zero attached hydrogens (tertiary/aromatic N) is 5. The molecule has 3 aromatic heterocycles. The zero-order valence-electron chi connectivity index (χ0n) is 19.1. The first kappa shape index (κ1) is 21.8. The highest BCUT2D eigenvalue weighted by molar-refractivity contribution is 6.07. The van der Waals surface area contributed by atoms with Gasteiger partial charge in [0.2, 0.25) is 0 Å². The number of hydrogen-bond acceptors (Lipinski definition) is 6. The summed E-state index contributed by atoms with van der Waals surface area (Å²) in [4.78, 5) is 29.4. The molecule has 3 heterocycles. The van der Waals surface area contributed by atoms with Crippen LogP contribution >= 0.6 is 0 Å². The standard InChI is InChI=1S/C25H26N6O3/c1-16-4-10-19(11-5-16)31-22(28-24(32)20-15-27-30-13-3-12-26-23(20)30)14-21(29-31)17-6-8-18(9-7-17)25(33)34-2/h3-5,10-15,17-18H,6-9H2,1-2H3,(H,28,32). The van der Waals surface area contributed by atoms with E-state index < -0.39 is 0 Å². The molecule has 0 saturated heterocycles. The molecule has 1 aromatic carbocycles. The second-order valence-electron chi connectivity index (χ2n) is 8.67. The largest absolute Gasteiger partial charge is 0.469 e. The van der Waals surface area contributed by atoms with Gasteiger partial charge in [-0.05, 0) is 50.8 Å². The van der Waals surface area contributed by atoms with Gasteiger partial charge >= 0.3 is 5.97 Å². The predicted octanol–water partition coefficient (Wildman–Crippen LogP) is 3.92. The molecule has 1 amide bonds. The van der Waals surface area contributed by atoms with Gasteiger partial charge in [0.15, 0.2) is 5.65 Å². The number of fused-ring (bicyclic) bond motifs is 1. The lowest BCUT2D eigenvalue weighted by Gasteiger charge is -2.25. The van der Waals surface area contributed by atoms with Crippen LogP contribution in [0.4, 0.5) is 5.82 Å². The van der Waals surface area contributed by atoms with Crippen LogP contribution in [0.15, 0.2) is 55.0 Å². The summed E-state index contributed by atoms with van der Waals surface area (Å²) in [5, 5.41) is 12.1. The quantitative estimate of drug-likeness (QED) is 0.455. The van der Waals surface area contributed by atoms with Crippen molar-refractivity contribution in [1.82, 2.24) is 24.4 Å². The van der Waals surface area contributed by atoms with Gasteiger partial charge in [0.05, 0.1) is 30.6 Å². The van der Waals surface area contributed by atoms with Crippen molar-refractivity contribution in [3.05, 3.63) is 71.8 Å². The maximum Gasteiger partial charge on any atom is 0.308 e. The van der Waals surface area contributed by atoms with E-state index in [0.717, 1.165) is 42.6 Å². The van der Waals surface area contributed by atoms with E-state index in [4.69, 9.17) is 9.84 Å². The van der Waals surface area contributed by atoms with Gasteiger partial charge in [0.25, 0.3) is 5.91 Å². The summed E-state index contributed by atoms with van der Waals surface area (Å²) < 4.78 is 8.24. The third kappa shape index (κ3) is 4.16. The first-order chi connectivity index (χ1) is 16.5. The van der Waals surface area contributed by atoms with Crippen LogP contribution in [0.25, 0.3) is 11.3 Å². The molecule has 0 atom stereocenters. The van der Waals surface area contributed by atoms with Crippen LogP contribution in [0.2, 0.25) is 0 Å². The van der Waals surface area contributed by atoms with Crippen LogP contribution in [0.3, 0.4) is 0 Å². The lowest BCUT2D eigenvalue weighted by atomic mass is 9.80. The van der Waals surface area contributed by atoms with E-state index in [0.29, 0.717) is 17.0 Å². The van der Waals surface area contributed by atoms with Crippen LogP contribution in [0, 0.1) is 12.8 Å². The van der Waals surface area contributed by atoms with E-state index in [1.807, 2.05) is 37.3 Å². The molecule has 34 heavy (non-hydrogen) atoms. The third-order valence-corrected chi connectivity index (χ3v) is 6.45. The fourth-order valence-electron chi connectivity index (χ4n) is 4.53. The Balaban J connectivity index is 1.44. The van der Waals surface area contributed by atoms with Gasteiger partial charge in [-0.15, -0.1) is 0 Å². The number of ether oxygens (including phenoxy) is 1. The number of rotatable bonds is 5. The average Bonchev–Trinajstić information content (AvgIpc) is 3.49. The molecule has 0 radical (unpaired) electrons. The second-order valence-corrected chi connectivity index (χ2v) is 8.67. The Kier molecular flexibility index (Phi) is 5.83. The highest BCUT2D eigenvalue weighted by Crippen LogP contribution is 2.37. The number of aromatic nitrogens is 5. The number of nitrogens with one attached hydrogen (secondary N) is 1. The van der Waals surface area contributed by atoms with Gasteiger partial charge in [-0.25, -0.2) is 14.2 Å². The van der Waals surface area contributed by atoms with Gasteiger partial charge in [-0.2, -0.15) is 10.2 Å². The van der Waals surface area contributed by atoms with Crippen LogP contribution in [0.1, 0.15) is 53.2 Å². The van der Waals surface area contributed by atoms with Crippen LogP contribution in [-0.2, 0) is 9.53 Å². The van der Waals surface area contributed by atoms with E-state index in [1.54, 1.807) is 27.7 Å². The highest BCUT2D eigenvalue weighted by atomic mass is 16.5. The van der Waals surface area contributed by atoms with Crippen molar-refractivity contribution in [3.8, 4) is 5.69 Å². The first-order valence-corrected chi connectivity index (χ1v) is 11.4. The number of anilines is 1. The maximum atomic E-state index is 13.2. The fourth-order valence-corrected chi connectivity index (χ4v) is 4.53. The molecule has 1 saturated carbocycles. The lowest BCUT2D eigenvalue weighted by molar-refractivity contribution is -0.146. The third-order valence-electron chi connectivity index (χ3n) is 6.45. The lowest BCUT2D eigenvalue weighted by Crippen LogP contribution is -2.22. The first-order valence-electron chi connectivity index (χ1n) is 11.4. The molecule has 0 aliphatic heterocycles. The minimum absolute atomic E-state index is 0.0530. The molecule has 1 N–H and O–H groups in total. The van der Waals surface area contributed by atoms with Crippen LogP contribution < -0.4 is 5.32 Å². The number of carbonyl (C=O) groups is 2. The van der Waals surface area contributed by atoms with Crippen molar-refractivity contribution < 1.29 is 14.3 Å².